The minimum atomic E-state index is -2.18. The predicted molar refractivity (Wildman–Crippen MR) is 69.9 cm³/mol. The molecule has 1 heterocycles. The molecule has 23 heavy (non-hydrogen) atoms. The topological polar surface area (TPSA) is 208 Å². The molecule has 0 aromatic rings. The largest absolute Gasteiger partial charge is 0.394 e. The van der Waals surface area contributed by atoms with Crippen LogP contribution >= 0.6 is 0 Å². The van der Waals surface area contributed by atoms with Gasteiger partial charge in [0.25, 0.3) is 0 Å². The molecule has 9 N–H and O–H groups in total. The highest BCUT2D eigenvalue weighted by Crippen LogP contribution is 2.25. The summed E-state index contributed by atoms with van der Waals surface area (Å²) in [6.07, 6.45) is -19.1. The number of aliphatic hydroxyl groups excluding tert-OH is 9. The lowest BCUT2D eigenvalue weighted by Crippen LogP contribution is -2.64. The molecule has 1 rings (SSSR count). The van der Waals surface area contributed by atoms with Gasteiger partial charge in [-0.2, -0.15) is 0 Å². The van der Waals surface area contributed by atoms with Crippen LogP contribution in [0.15, 0.2) is 0 Å². The van der Waals surface area contributed by atoms with E-state index < -0.39 is 67.6 Å². The van der Waals surface area contributed by atoms with Crippen molar-refractivity contribution >= 4 is 6.29 Å². The van der Waals surface area contributed by atoms with Crippen LogP contribution in [0.5, 0.6) is 0 Å². The Balaban J connectivity index is 2.85. The quantitative estimate of drug-likeness (QED) is 0.199. The zero-order valence-electron chi connectivity index (χ0n) is 11.9. The van der Waals surface area contributed by atoms with Crippen molar-refractivity contribution in [1.29, 1.82) is 0 Å². The van der Waals surface area contributed by atoms with Gasteiger partial charge in [0.05, 0.1) is 6.61 Å². The van der Waals surface area contributed by atoms with Gasteiger partial charge in [-0.3, -0.25) is 0 Å². The Morgan fingerprint density at radius 1 is 0.870 bits per heavy atom. The molecule has 0 aromatic heterocycles. The molecule has 136 valence electrons. The Hall–Kier alpha value is -0.730. The second-order valence-corrected chi connectivity index (χ2v) is 5.38. The van der Waals surface area contributed by atoms with Gasteiger partial charge < -0.3 is 55.5 Å². The fourth-order valence-corrected chi connectivity index (χ4v) is 2.29. The minimum absolute atomic E-state index is 0.0964. The van der Waals surface area contributed by atoms with Crippen molar-refractivity contribution in [2.75, 3.05) is 6.61 Å². The monoisotopic (exact) mass is 342 g/mol. The van der Waals surface area contributed by atoms with E-state index in [0.717, 1.165) is 0 Å². The average Bonchev–Trinajstić information content (AvgIpc) is 2.56. The van der Waals surface area contributed by atoms with Crippen LogP contribution in [0.4, 0.5) is 0 Å². The lowest BCUT2D eigenvalue weighted by molar-refractivity contribution is -0.264. The maximum atomic E-state index is 10.3. The molecule has 0 aromatic carbocycles. The Morgan fingerprint density at radius 2 is 1.43 bits per heavy atom. The van der Waals surface area contributed by atoms with Gasteiger partial charge in [-0.25, -0.2) is 0 Å². The van der Waals surface area contributed by atoms with Gasteiger partial charge in [0.15, 0.2) is 6.29 Å². The number of hydrogen-bond donors (Lipinski definition) is 9. The molecule has 11 heteroatoms. The third-order valence-electron chi connectivity index (χ3n) is 3.80. The second kappa shape index (κ2) is 8.39. The summed E-state index contributed by atoms with van der Waals surface area (Å²) >= 11 is 0. The van der Waals surface area contributed by atoms with Gasteiger partial charge in [-0.1, -0.05) is 0 Å². The van der Waals surface area contributed by atoms with E-state index in [0.29, 0.717) is 0 Å². The van der Waals surface area contributed by atoms with Crippen LogP contribution in [0.2, 0.25) is 0 Å². The number of ether oxygens (including phenoxy) is 1. The molecule has 11 nitrogen and oxygen atoms in total. The van der Waals surface area contributed by atoms with Crippen molar-refractivity contribution in [1.82, 2.24) is 0 Å². The molecule has 0 radical (unpaired) electrons. The molecule has 0 spiro atoms. The van der Waals surface area contributed by atoms with Crippen LogP contribution < -0.4 is 0 Å². The van der Waals surface area contributed by atoms with Crippen LogP contribution in [0.25, 0.3) is 0 Å². The Bertz CT molecular complexity index is 378. The van der Waals surface area contributed by atoms with E-state index in [1.807, 2.05) is 0 Å². The van der Waals surface area contributed by atoms with Crippen molar-refractivity contribution in [2.45, 2.75) is 61.0 Å². The molecule has 0 saturated carbocycles. The Kier molecular flexibility index (Phi) is 7.41. The minimum Gasteiger partial charge on any atom is -0.394 e. The molecule has 2 unspecified atom stereocenters. The number of rotatable bonds is 7. The van der Waals surface area contributed by atoms with Crippen LogP contribution in [-0.2, 0) is 9.53 Å². The van der Waals surface area contributed by atoms with E-state index in [-0.39, 0.29) is 6.29 Å². The smallest absolute Gasteiger partial charge is 0.151 e. The molecular formula is C12H22O11. The summed E-state index contributed by atoms with van der Waals surface area (Å²) in [5.74, 6) is 0. The molecule has 1 fully saturated rings. The summed E-state index contributed by atoms with van der Waals surface area (Å²) in [4.78, 5) is 10.3. The first-order valence-electron chi connectivity index (χ1n) is 6.83. The van der Waals surface area contributed by atoms with Gasteiger partial charge in [-0.05, 0) is 0 Å². The van der Waals surface area contributed by atoms with Crippen molar-refractivity contribution in [3.63, 3.8) is 0 Å². The summed E-state index contributed by atoms with van der Waals surface area (Å²) < 4.78 is 4.99. The van der Waals surface area contributed by atoms with Gasteiger partial charge in [0.1, 0.15) is 61.0 Å². The summed E-state index contributed by atoms with van der Waals surface area (Å²) in [5.41, 5.74) is 0. The van der Waals surface area contributed by atoms with E-state index in [9.17, 15) is 40.5 Å². The van der Waals surface area contributed by atoms with Gasteiger partial charge >= 0.3 is 0 Å². The normalized spacial score (nSPS) is 38.4. The van der Waals surface area contributed by atoms with E-state index in [4.69, 9.17) is 14.9 Å². The van der Waals surface area contributed by atoms with Crippen molar-refractivity contribution in [3.8, 4) is 0 Å². The Labute approximate surface area is 130 Å². The first kappa shape index (κ1) is 20.3. The van der Waals surface area contributed by atoms with E-state index in [2.05, 4.69) is 0 Å². The molecular weight excluding hydrogens is 320 g/mol. The van der Waals surface area contributed by atoms with Crippen LogP contribution in [-0.4, -0.2) is 120 Å². The number of aldehydes is 1. The summed E-state index contributed by atoms with van der Waals surface area (Å²) in [6, 6.07) is 0. The molecule has 1 saturated heterocycles. The summed E-state index contributed by atoms with van der Waals surface area (Å²) in [6.45, 7) is -0.765. The zero-order valence-corrected chi connectivity index (χ0v) is 11.9. The molecule has 0 aliphatic carbocycles. The molecule has 0 bridgehead atoms. The van der Waals surface area contributed by atoms with Crippen LogP contribution in [0.1, 0.15) is 0 Å². The van der Waals surface area contributed by atoms with Gasteiger partial charge in [0.2, 0.25) is 0 Å². The fourth-order valence-electron chi connectivity index (χ4n) is 2.29. The van der Waals surface area contributed by atoms with E-state index in [1.54, 1.807) is 0 Å². The molecule has 1 aliphatic rings. The predicted octanol–water partition coefficient (Wildman–Crippen LogP) is -6.17. The highest BCUT2D eigenvalue weighted by Gasteiger charge is 2.49. The van der Waals surface area contributed by atoms with E-state index in [1.165, 1.54) is 0 Å². The lowest BCUT2D eigenvalue weighted by atomic mass is 9.88. The number of aliphatic hydroxyl groups is 9. The zero-order chi connectivity index (χ0) is 17.9. The number of carbonyl (C=O) groups is 1. The third-order valence-corrected chi connectivity index (χ3v) is 3.80. The number of carbonyl (C=O) groups excluding carboxylic acids is 1. The highest BCUT2D eigenvalue weighted by molar-refractivity contribution is 5.56. The van der Waals surface area contributed by atoms with Gasteiger partial charge in [-0.15, -0.1) is 0 Å². The van der Waals surface area contributed by atoms with E-state index >= 15 is 0 Å². The van der Waals surface area contributed by atoms with Crippen LogP contribution in [0, 0.1) is 0 Å². The lowest BCUT2D eigenvalue weighted by Gasteiger charge is -2.43. The standard InChI is InChI=1S/C12H22O11/c13-1-3(15)5(16)7(18)9(20)11(22)12-10(21)8(19)6(17)4(2-14)23-12/h1,3-12,14-22H,2H2/t3-,4+,5+,6+,7+,8-,9-,10+,11?,12?/m0/s1. The first-order chi connectivity index (χ1) is 10.7. The maximum absolute atomic E-state index is 10.3. The molecule has 0 amide bonds. The van der Waals surface area contributed by atoms with Crippen molar-refractivity contribution in [3.05, 3.63) is 0 Å². The van der Waals surface area contributed by atoms with Gasteiger partial charge in [0, 0.05) is 0 Å². The SMILES string of the molecule is O=C[C@H](O)[C@@H](O)[C@@H](O)[C@H](O)C(O)C1O[C@H](CO)[C@@H](O)[C@H](O)[C@H]1O. The molecule has 1 aliphatic heterocycles. The third kappa shape index (κ3) is 4.22. The maximum Gasteiger partial charge on any atom is 0.151 e. The first-order valence-corrected chi connectivity index (χ1v) is 6.83. The summed E-state index contributed by atoms with van der Waals surface area (Å²) in [5, 5.41) is 85.9. The summed E-state index contributed by atoms with van der Waals surface area (Å²) in [7, 11) is 0. The number of hydrogen-bond acceptors (Lipinski definition) is 11. The van der Waals surface area contributed by atoms with Crippen LogP contribution in [0.3, 0.4) is 0 Å². The highest BCUT2D eigenvalue weighted by atomic mass is 16.6. The molecule has 10 atom stereocenters. The van der Waals surface area contributed by atoms with Crippen molar-refractivity contribution < 1.29 is 55.5 Å². The van der Waals surface area contributed by atoms with Crippen molar-refractivity contribution in [2.24, 2.45) is 0 Å². The Morgan fingerprint density at radius 3 is 1.91 bits per heavy atom. The average molecular weight is 342 g/mol. The fraction of sp³-hybridized carbons (Fsp3) is 0.917. The second-order valence-electron chi connectivity index (χ2n) is 5.38.